The topological polar surface area (TPSA) is 73.9 Å². The predicted molar refractivity (Wildman–Crippen MR) is 106 cm³/mol. The summed E-state index contributed by atoms with van der Waals surface area (Å²) in [6, 6.07) is 7.08. The van der Waals surface area contributed by atoms with Gasteiger partial charge in [-0.05, 0) is 67.6 Å². The minimum atomic E-state index is -0.410. The van der Waals surface area contributed by atoms with Gasteiger partial charge in [0, 0.05) is 35.8 Å². The molecule has 0 bridgehead atoms. The summed E-state index contributed by atoms with van der Waals surface area (Å²) in [6.07, 6.45) is 12.2. The third-order valence-electron chi connectivity index (χ3n) is 5.82. The highest BCUT2D eigenvalue weighted by Gasteiger charge is 2.23. The number of rotatable bonds is 3. The summed E-state index contributed by atoms with van der Waals surface area (Å²) in [5.74, 6) is -0.388. The largest absolute Gasteiger partial charge is 0.387 e. The van der Waals surface area contributed by atoms with Crippen LogP contribution in [0.5, 0.6) is 0 Å². The Kier molecular flexibility index (Phi) is 5.00. The van der Waals surface area contributed by atoms with Crippen molar-refractivity contribution in [2.45, 2.75) is 56.7 Å². The van der Waals surface area contributed by atoms with Crippen molar-refractivity contribution in [2.24, 2.45) is 5.73 Å². The van der Waals surface area contributed by atoms with Gasteiger partial charge < -0.3 is 16.4 Å². The molecule has 1 aliphatic heterocycles. The van der Waals surface area contributed by atoms with E-state index in [-0.39, 0.29) is 11.5 Å². The number of nitrogens with two attached hydrogens (primary N) is 1. The van der Waals surface area contributed by atoms with Gasteiger partial charge in [-0.2, -0.15) is 5.26 Å². The fraction of sp³-hybridized carbons (Fsp3) is 0.409. The Balaban J connectivity index is 1.65. The number of hydrogen-bond donors (Lipinski definition) is 3. The van der Waals surface area contributed by atoms with E-state index in [1.165, 1.54) is 17.2 Å². The Morgan fingerprint density at radius 3 is 2.81 bits per heavy atom. The summed E-state index contributed by atoms with van der Waals surface area (Å²) in [5.41, 5.74) is 10.9. The maximum Gasteiger partial charge on any atom is 0.136 e. The number of nitrogens with zero attached hydrogens (tertiary/aromatic N) is 1. The minimum Gasteiger partial charge on any atom is -0.387 e. The highest BCUT2D eigenvalue weighted by molar-refractivity contribution is 5.68. The fourth-order valence-electron chi connectivity index (χ4n) is 4.21. The average Bonchev–Trinajstić information content (AvgIpc) is 2.70. The second-order valence-corrected chi connectivity index (χ2v) is 7.69. The van der Waals surface area contributed by atoms with Crippen LogP contribution in [0.25, 0.3) is 6.08 Å². The van der Waals surface area contributed by atoms with Crippen molar-refractivity contribution in [2.75, 3.05) is 5.32 Å². The van der Waals surface area contributed by atoms with Gasteiger partial charge in [0.25, 0.3) is 0 Å². The molecule has 1 atom stereocenters. The molecule has 4 N–H and O–H groups in total. The van der Waals surface area contributed by atoms with Crippen LogP contribution in [0.4, 0.5) is 10.1 Å². The molecule has 140 valence electrons. The maximum atomic E-state index is 13.8. The summed E-state index contributed by atoms with van der Waals surface area (Å²) in [5, 5.41) is 16.2. The molecule has 2 aliphatic carbocycles. The monoisotopic (exact) mass is 364 g/mol. The van der Waals surface area contributed by atoms with E-state index in [9.17, 15) is 4.39 Å². The molecule has 5 heteroatoms. The first kappa shape index (κ1) is 17.8. The van der Waals surface area contributed by atoms with Gasteiger partial charge in [-0.3, -0.25) is 0 Å². The third-order valence-corrected chi connectivity index (χ3v) is 5.82. The van der Waals surface area contributed by atoms with Gasteiger partial charge in [0.2, 0.25) is 0 Å². The van der Waals surface area contributed by atoms with Gasteiger partial charge in [-0.1, -0.05) is 12.1 Å². The number of hydrogen-bond acceptors (Lipinski definition) is 4. The third kappa shape index (κ3) is 3.77. The van der Waals surface area contributed by atoms with Crippen LogP contribution in [0.2, 0.25) is 0 Å². The lowest BCUT2D eigenvalue weighted by Crippen LogP contribution is -2.33. The molecule has 0 spiro atoms. The number of nitrogens with one attached hydrogen (secondary N) is 2. The first-order valence-corrected chi connectivity index (χ1v) is 9.71. The van der Waals surface area contributed by atoms with E-state index in [0.717, 1.165) is 43.5 Å². The molecule has 0 amide bonds. The standard InChI is InChI=1S/C22H25FN4/c23-21-6-1-14(9-17(21)12-24)16-10-15-7-8-26-13-20(15)22(11-16)27-19-4-2-18(25)3-5-19/h6-11,14,18-19,26-27H,1-5,13,25H2. The van der Waals surface area contributed by atoms with Gasteiger partial charge in [0.15, 0.2) is 0 Å². The highest BCUT2D eigenvalue weighted by Crippen LogP contribution is 2.36. The van der Waals surface area contributed by atoms with Crippen LogP contribution in [0.15, 0.2) is 41.9 Å². The van der Waals surface area contributed by atoms with E-state index >= 15 is 0 Å². The number of nitriles is 1. The molecule has 0 saturated heterocycles. The van der Waals surface area contributed by atoms with Crippen LogP contribution in [0.1, 0.15) is 54.7 Å². The average molecular weight is 364 g/mol. The van der Waals surface area contributed by atoms with E-state index < -0.39 is 5.83 Å². The molecular weight excluding hydrogens is 339 g/mol. The molecule has 1 aromatic carbocycles. The van der Waals surface area contributed by atoms with E-state index in [0.29, 0.717) is 18.5 Å². The Morgan fingerprint density at radius 2 is 2.04 bits per heavy atom. The Bertz CT molecular complexity index is 854. The molecule has 1 fully saturated rings. The molecule has 3 aliphatic rings. The molecule has 4 rings (SSSR count). The van der Waals surface area contributed by atoms with Crippen LogP contribution < -0.4 is 16.4 Å². The van der Waals surface area contributed by atoms with Gasteiger partial charge in [-0.15, -0.1) is 0 Å². The summed E-state index contributed by atoms with van der Waals surface area (Å²) < 4.78 is 13.8. The van der Waals surface area contributed by atoms with Crippen molar-refractivity contribution < 1.29 is 4.39 Å². The highest BCUT2D eigenvalue weighted by atomic mass is 19.1. The number of anilines is 1. The number of allylic oxidation sites excluding steroid dienone is 4. The zero-order chi connectivity index (χ0) is 18.8. The van der Waals surface area contributed by atoms with E-state index in [1.807, 2.05) is 12.3 Å². The quantitative estimate of drug-likeness (QED) is 0.750. The molecule has 27 heavy (non-hydrogen) atoms. The smallest absolute Gasteiger partial charge is 0.136 e. The fourth-order valence-corrected chi connectivity index (χ4v) is 4.21. The van der Waals surface area contributed by atoms with Crippen LogP contribution in [0, 0.1) is 11.3 Å². The summed E-state index contributed by atoms with van der Waals surface area (Å²) >= 11 is 0. The Morgan fingerprint density at radius 1 is 1.22 bits per heavy atom. The Labute approximate surface area is 159 Å². The van der Waals surface area contributed by atoms with Crippen molar-refractivity contribution >= 4 is 11.8 Å². The number of benzene rings is 1. The normalized spacial score (nSPS) is 26.9. The SMILES string of the molecule is N#CC1=CC(c2cc3c(c(NC4CCC(N)CC4)c2)CNC=C3)CC=C1F. The van der Waals surface area contributed by atoms with Gasteiger partial charge in [0.05, 0.1) is 5.57 Å². The minimum absolute atomic E-state index is 0.0214. The van der Waals surface area contributed by atoms with E-state index in [1.54, 1.807) is 6.08 Å². The molecule has 0 aromatic heterocycles. The van der Waals surface area contributed by atoms with Crippen molar-refractivity contribution in [3.05, 3.63) is 58.6 Å². The summed E-state index contributed by atoms with van der Waals surface area (Å²) in [7, 11) is 0. The zero-order valence-corrected chi connectivity index (χ0v) is 15.3. The molecule has 1 aromatic rings. The first-order chi connectivity index (χ1) is 13.1. The van der Waals surface area contributed by atoms with Crippen molar-refractivity contribution in [3.8, 4) is 6.07 Å². The predicted octanol–water partition coefficient (Wildman–Crippen LogP) is 4.23. The molecule has 1 heterocycles. The van der Waals surface area contributed by atoms with Crippen LogP contribution in [-0.4, -0.2) is 12.1 Å². The molecule has 4 nitrogen and oxygen atoms in total. The van der Waals surface area contributed by atoms with Gasteiger partial charge in [-0.25, -0.2) is 4.39 Å². The van der Waals surface area contributed by atoms with Gasteiger partial charge in [0.1, 0.15) is 11.9 Å². The Hall–Kier alpha value is -2.58. The first-order valence-electron chi connectivity index (χ1n) is 9.71. The molecule has 1 saturated carbocycles. The number of halogens is 1. The van der Waals surface area contributed by atoms with Gasteiger partial charge >= 0.3 is 0 Å². The lowest BCUT2D eigenvalue weighted by Gasteiger charge is -2.30. The molecule has 1 unspecified atom stereocenters. The molecular formula is C22H25FN4. The summed E-state index contributed by atoms with van der Waals surface area (Å²) in [4.78, 5) is 0. The van der Waals surface area contributed by atoms with E-state index in [4.69, 9.17) is 11.0 Å². The van der Waals surface area contributed by atoms with E-state index in [2.05, 4.69) is 28.8 Å². The summed E-state index contributed by atoms with van der Waals surface area (Å²) in [6.45, 7) is 0.791. The number of fused-ring (bicyclic) bond motifs is 1. The van der Waals surface area contributed by atoms with Crippen molar-refractivity contribution in [3.63, 3.8) is 0 Å². The maximum absolute atomic E-state index is 13.8. The van der Waals surface area contributed by atoms with Crippen LogP contribution in [-0.2, 0) is 6.54 Å². The second kappa shape index (κ2) is 7.58. The zero-order valence-electron chi connectivity index (χ0n) is 15.3. The van der Waals surface area contributed by atoms with Crippen LogP contribution in [0.3, 0.4) is 0 Å². The molecule has 0 radical (unpaired) electrons. The second-order valence-electron chi connectivity index (χ2n) is 7.69. The lowest BCUT2D eigenvalue weighted by molar-refractivity contribution is 0.411. The van der Waals surface area contributed by atoms with Crippen molar-refractivity contribution in [1.29, 1.82) is 5.26 Å². The van der Waals surface area contributed by atoms with Crippen LogP contribution >= 0.6 is 0 Å². The lowest BCUT2D eigenvalue weighted by atomic mass is 9.86. The van der Waals surface area contributed by atoms with Crippen molar-refractivity contribution in [1.82, 2.24) is 5.32 Å².